The molecule has 2 N–H and O–H groups in total. The van der Waals surface area contributed by atoms with Crippen LogP contribution in [0.5, 0.6) is 0 Å². The number of carbonyl (C=O) groups excluding carboxylic acids is 1. The fraction of sp³-hybridized carbons (Fsp3) is 0.909. The summed E-state index contributed by atoms with van der Waals surface area (Å²) in [6, 6.07) is 0. The second-order valence-corrected chi connectivity index (χ2v) is 20.9. The highest BCUT2D eigenvalue weighted by atomic mass is 28.4. The number of hydrogen-bond donors (Lipinski definition) is 2. The van der Waals surface area contributed by atoms with Gasteiger partial charge in [-0.25, -0.2) is 0 Å². The Kier molecular flexibility index (Phi) is 8.10. The Bertz CT molecular complexity index is 934. The molecule has 0 aliphatic heterocycles. The minimum atomic E-state index is -1.80. The summed E-state index contributed by atoms with van der Waals surface area (Å²) in [6.07, 6.45) is 10.3. The highest BCUT2D eigenvalue weighted by Crippen LogP contribution is 2.68. The van der Waals surface area contributed by atoms with Crippen molar-refractivity contribution in [3.05, 3.63) is 11.6 Å². The third-order valence-electron chi connectivity index (χ3n) is 12.7. The number of aliphatic hydroxyl groups excluding tert-OH is 1. The second-order valence-electron chi connectivity index (χ2n) is 16.2. The zero-order chi connectivity index (χ0) is 28.5. The van der Waals surface area contributed by atoms with Gasteiger partial charge in [-0.2, -0.15) is 0 Å². The minimum absolute atomic E-state index is 0.113. The number of Topliss-reactive ketones (excluding diaryl/α,β-unsaturated/α-hetero) is 1. The molecule has 4 aliphatic rings. The molecular formula is C33H58O4Si. The van der Waals surface area contributed by atoms with Gasteiger partial charge in [-0.1, -0.05) is 67.0 Å². The quantitative estimate of drug-likeness (QED) is 0.254. The maximum absolute atomic E-state index is 13.2. The van der Waals surface area contributed by atoms with Gasteiger partial charge >= 0.3 is 0 Å². The molecule has 3 saturated carbocycles. The van der Waals surface area contributed by atoms with E-state index < -0.39 is 31.4 Å². The van der Waals surface area contributed by atoms with Crippen molar-refractivity contribution in [2.45, 2.75) is 149 Å². The van der Waals surface area contributed by atoms with E-state index in [4.69, 9.17) is 4.43 Å². The van der Waals surface area contributed by atoms with Crippen molar-refractivity contribution in [3.8, 4) is 0 Å². The molecule has 218 valence electrons. The highest BCUT2D eigenvalue weighted by Gasteiger charge is 2.69. The molecule has 3 fully saturated rings. The highest BCUT2D eigenvalue weighted by molar-refractivity contribution is 6.74. The molecule has 4 rings (SSSR count). The number of ketones is 1. The first-order valence-electron chi connectivity index (χ1n) is 15.7. The lowest BCUT2D eigenvalue weighted by Crippen LogP contribution is -2.60. The molecule has 0 spiro atoms. The number of hydrogen-bond acceptors (Lipinski definition) is 4. The summed E-state index contributed by atoms with van der Waals surface area (Å²) in [5.74, 6) is 1.33. The SMILES string of the molecule is CC(C)CCC(=O)[C@@H](C)[C@@]1(O)[C@@H](O)C[C@H]2[C@@H]3CC=C4C[C@@H](O[Si](C)(C)C(C)(C)C)CC[C@]4(C)[C@H]3CC[C@@]21C. The Labute approximate surface area is 234 Å². The first kappa shape index (κ1) is 30.5. The summed E-state index contributed by atoms with van der Waals surface area (Å²) in [5.41, 5.74) is 0.0200. The molecule has 0 bridgehead atoms. The average Bonchev–Trinajstić information content (AvgIpc) is 3.02. The fourth-order valence-electron chi connectivity index (χ4n) is 9.05. The molecule has 0 saturated heterocycles. The lowest BCUT2D eigenvalue weighted by atomic mass is 9.46. The lowest BCUT2D eigenvalue weighted by Gasteiger charge is -2.60. The third-order valence-corrected chi connectivity index (χ3v) is 17.3. The Morgan fingerprint density at radius 2 is 1.79 bits per heavy atom. The first-order chi connectivity index (χ1) is 17.4. The topological polar surface area (TPSA) is 66.8 Å². The zero-order valence-electron chi connectivity index (χ0n) is 26.2. The molecule has 9 atom stereocenters. The van der Waals surface area contributed by atoms with Gasteiger partial charge in [0.2, 0.25) is 0 Å². The van der Waals surface area contributed by atoms with Crippen LogP contribution in [0.3, 0.4) is 0 Å². The molecular weight excluding hydrogens is 488 g/mol. The van der Waals surface area contributed by atoms with E-state index in [-0.39, 0.29) is 22.2 Å². The van der Waals surface area contributed by atoms with Crippen molar-refractivity contribution in [2.24, 2.45) is 40.4 Å². The number of carbonyl (C=O) groups is 1. The van der Waals surface area contributed by atoms with E-state index >= 15 is 0 Å². The Morgan fingerprint density at radius 1 is 1.13 bits per heavy atom. The van der Waals surface area contributed by atoms with E-state index in [1.807, 2.05) is 6.92 Å². The van der Waals surface area contributed by atoms with Crippen molar-refractivity contribution in [1.82, 2.24) is 0 Å². The van der Waals surface area contributed by atoms with Crippen LogP contribution in [0.4, 0.5) is 0 Å². The summed E-state index contributed by atoms with van der Waals surface area (Å²) >= 11 is 0. The lowest BCUT2D eigenvalue weighted by molar-refractivity contribution is -0.184. The predicted octanol–water partition coefficient (Wildman–Crippen LogP) is 7.68. The maximum atomic E-state index is 13.2. The maximum Gasteiger partial charge on any atom is 0.192 e. The Morgan fingerprint density at radius 3 is 2.39 bits per heavy atom. The van der Waals surface area contributed by atoms with E-state index in [1.165, 1.54) is 6.42 Å². The van der Waals surface area contributed by atoms with Crippen LogP contribution >= 0.6 is 0 Å². The van der Waals surface area contributed by atoms with Crippen molar-refractivity contribution in [1.29, 1.82) is 0 Å². The monoisotopic (exact) mass is 546 g/mol. The second kappa shape index (κ2) is 10.1. The van der Waals surface area contributed by atoms with Crippen LogP contribution in [0.2, 0.25) is 18.1 Å². The van der Waals surface area contributed by atoms with Gasteiger partial charge in [-0.15, -0.1) is 0 Å². The van der Waals surface area contributed by atoms with Gasteiger partial charge in [-0.05, 0) is 98.6 Å². The molecule has 0 heterocycles. The molecule has 4 nitrogen and oxygen atoms in total. The molecule has 5 heteroatoms. The summed E-state index contributed by atoms with van der Waals surface area (Å²) in [5, 5.41) is 23.8. The van der Waals surface area contributed by atoms with E-state index in [2.05, 4.69) is 67.6 Å². The largest absolute Gasteiger partial charge is 0.414 e. The zero-order valence-corrected chi connectivity index (χ0v) is 27.2. The standard InChI is InChI=1S/C33H58O4Si/c1-21(2)11-14-28(34)22(3)33(36)29(35)20-27-25-13-12-23-19-24(37-38(9,10)30(4,5)6)15-17-31(23,7)26(25)16-18-32(27,33)8/h12,21-22,24-27,29,35-36H,11,13-20H2,1-10H3/t22-,24+,25-,26+,27+,29+,31+,32+,33-/m1/s1. The van der Waals surface area contributed by atoms with Gasteiger partial charge in [-0.3, -0.25) is 4.79 Å². The molecule has 4 aliphatic carbocycles. The van der Waals surface area contributed by atoms with Crippen LogP contribution < -0.4 is 0 Å². The molecule has 0 radical (unpaired) electrons. The van der Waals surface area contributed by atoms with Gasteiger partial charge < -0.3 is 14.6 Å². The van der Waals surface area contributed by atoms with Crippen LogP contribution in [-0.4, -0.2) is 42.1 Å². The Hall–Kier alpha value is -0.493. The van der Waals surface area contributed by atoms with Gasteiger partial charge in [0.1, 0.15) is 11.4 Å². The van der Waals surface area contributed by atoms with Crippen molar-refractivity contribution < 1.29 is 19.4 Å². The van der Waals surface area contributed by atoms with Crippen molar-refractivity contribution in [3.63, 3.8) is 0 Å². The minimum Gasteiger partial charge on any atom is -0.414 e. The first-order valence-corrected chi connectivity index (χ1v) is 18.6. The normalized spacial score (nSPS) is 42.2. The molecule has 0 aromatic carbocycles. The van der Waals surface area contributed by atoms with Gasteiger partial charge in [0.05, 0.1) is 6.10 Å². The summed E-state index contributed by atoms with van der Waals surface area (Å²) in [4.78, 5) is 13.2. The van der Waals surface area contributed by atoms with Crippen molar-refractivity contribution >= 4 is 14.1 Å². The smallest absolute Gasteiger partial charge is 0.192 e. The van der Waals surface area contributed by atoms with E-state index in [9.17, 15) is 15.0 Å². The van der Waals surface area contributed by atoms with Crippen LogP contribution in [-0.2, 0) is 9.22 Å². The average molecular weight is 547 g/mol. The molecule has 0 aromatic heterocycles. The van der Waals surface area contributed by atoms with Crippen LogP contribution in [0.1, 0.15) is 113 Å². The number of allylic oxidation sites excluding steroid dienone is 1. The van der Waals surface area contributed by atoms with E-state index in [0.717, 1.165) is 38.5 Å². The number of rotatable bonds is 7. The van der Waals surface area contributed by atoms with E-state index in [0.29, 0.717) is 36.7 Å². The number of aliphatic hydroxyl groups is 2. The van der Waals surface area contributed by atoms with E-state index in [1.54, 1.807) is 5.57 Å². The Balaban J connectivity index is 1.55. The summed E-state index contributed by atoms with van der Waals surface area (Å²) in [7, 11) is -1.80. The van der Waals surface area contributed by atoms with Gasteiger partial charge in [0.25, 0.3) is 0 Å². The summed E-state index contributed by atoms with van der Waals surface area (Å²) < 4.78 is 6.88. The molecule has 38 heavy (non-hydrogen) atoms. The number of fused-ring (bicyclic) bond motifs is 5. The summed E-state index contributed by atoms with van der Waals surface area (Å²) in [6.45, 7) is 22.6. The molecule has 0 amide bonds. The van der Waals surface area contributed by atoms with Crippen LogP contribution in [0.15, 0.2) is 11.6 Å². The van der Waals surface area contributed by atoms with Crippen LogP contribution in [0.25, 0.3) is 0 Å². The van der Waals surface area contributed by atoms with Crippen molar-refractivity contribution in [2.75, 3.05) is 0 Å². The van der Waals surface area contributed by atoms with Gasteiger partial charge in [0.15, 0.2) is 8.32 Å². The molecule has 0 aromatic rings. The van der Waals surface area contributed by atoms with Gasteiger partial charge in [0, 0.05) is 23.9 Å². The predicted molar refractivity (Wildman–Crippen MR) is 158 cm³/mol. The molecule has 0 unspecified atom stereocenters. The van der Waals surface area contributed by atoms with Crippen LogP contribution in [0, 0.1) is 40.4 Å². The third kappa shape index (κ3) is 4.73. The fourth-order valence-corrected chi connectivity index (χ4v) is 10.4.